The Kier molecular flexibility index (Phi) is 5.07. The molecule has 1 saturated heterocycles. The second kappa shape index (κ2) is 7.47. The highest BCUT2D eigenvalue weighted by atomic mass is 35.5. The number of aliphatic hydroxyl groups is 1. The summed E-state index contributed by atoms with van der Waals surface area (Å²) in [5.41, 5.74) is 1.62. The fourth-order valence-corrected chi connectivity index (χ4v) is 3.94. The Balaban J connectivity index is 1.58. The number of aryl methyl sites for hydroxylation is 1. The average Bonchev–Trinajstić information content (AvgIpc) is 3.22. The van der Waals surface area contributed by atoms with Crippen LogP contribution in [0.4, 0.5) is 0 Å². The van der Waals surface area contributed by atoms with Crippen molar-refractivity contribution in [2.24, 2.45) is 0 Å². The Labute approximate surface area is 157 Å². The smallest absolute Gasteiger partial charge is 0.231 e. The molecule has 2 aromatic rings. The van der Waals surface area contributed by atoms with Crippen molar-refractivity contribution in [1.29, 1.82) is 0 Å². The number of ether oxygens (including phenoxy) is 2. The molecule has 0 aliphatic carbocycles. The fourth-order valence-electron chi connectivity index (χ4n) is 3.71. The Bertz CT molecular complexity index is 790. The molecule has 1 aromatic heterocycles. The Morgan fingerprint density at radius 1 is 1.27 bits per heavy atom. The van der Waals surface area contributed by atoms with E-state index in [0.717, 1.165) is 37.4 Å². The van der Waals surface area contributed by atoms with E-state index in [1.54, 1.807) is 6.07 Å². The number of aromatic nitrogens is 1. The summed E-state index contributed by atoms with van der Waals surface area (Å²) < 4.78 is 16.7. The Morgan fingerprint density at radius 2 is 2.08 bits per heavy atom. The van der Waals surface area contributed by atoms with Crippen LogP contribution in [-0.4, -0.2) is 41.0 Å². The highest BCUT2D eigenvalue weighted by Crippen LogP contribution is 2.41. The molecule has 0 amide bonds. The van der Waals surface area contributed by atoms with Gasteiger partial charge in [-0.15, -0.1) is 0 Å². The summed E-state index contributed by atoms with van der Waals surface area (Å²) in [5, 5.41) is 9.85. The lowest BCUT2D eigenvalue weighted by atomic mass is 9.99. The lowest BCUT2D eigenvalue weighted by molar-refractivity contribution is 0.111. The number of piperidine rings is 1. The number of rotatable bonds is 5. The number of halogens is 1. The molecule has 2 aliphatic heterocycles. The fraction of sp³-hybridized carbons (Fsp3) is 0.526. The van der Waals surface area contributed by atoms with Crippen molar-refractivity contribution in [1.82, 2.24) is 9.88 Å². The summed E-state index contributed by atoms with van der Waals surface area (Å²) in [7, 11) is 0. The van der Waals surface area contributed by atoms with Crippen LogP contribution < -0.4 is 9.47 Å². The molecule has 1 fully saturated rings. The van der Waals surface area contributed by atoms with Crippen LogP contribution in [0.1, 0.15) is 37.1 Å². The van der Waals surface area contributed by atoms with Gasteiger partial charge in [0.1, 0.15) is 5.76 Å². The molecule has 1 atom stereocenters. The summed E-state index contributed by atoms with van der Waals surface area (Å²) >= 11 is 6.39. The molecule has 0 bridgehead atoms. The van der Waals surface area contributed by atoms with Gasteiger partial charge in [-0.2, -0.15) is 0 Å². The quantitative estimate of drug-likeness (QED) is 0.854. The molecule has 6 nitrogen and oxygen atoms in total. The van der Waals surface area contributed by atoms with E-state index in [-0.39, 0.29) is 13.4 Å². The second-order valence-electron chi connectivity index (χ2n) is 6.84. The normalized spacial score (nSPS) is 19.9. The van der Waals surface area contributed by atoms with Crippen LogP contribution in [0.2, 0.25) is 5.02 Å². The largest absolute Gasteiger partial charge is 0.454 e. The maximum atomic E-state index is 9.32. The van der Waals surface area contributed by atoms with Crippen molar-refractivity contribution in [3.05, 3.63) is 28.6 Å². The second-order valence-corrected chi connectivity index (χ2v) is 7.25. The average molecular weight is 379 g/mol. The van der Waals surface area contributed by atoms with Crippen LogP contribution in [0, 0.1) is 6.92 Å². The lowest BCUT2D eigenvalue weighted by Crippen LogP contribution is -2.39. The minimum atomic E-state index is 0.201. The van der Waals surface area contributed by atoms with Crippen LogP contribution in [0.25, 0.3) is 11.5 Å². The van der Waals surface area contributed by atoms with Gasteiger partial charge in [0.2, 0.25) is 12.7 Å². The topological polar surface area (TPSA) is 68.0 Å². The number of aliphatic hydroxyl groups excluding tert-OH is 1. The van der Waals surface area contributed by atoms with E-state index in [4.69, 9.17) is 30.5 Å². The van der Waals surface area contributed by atoms with Gasteiger partial charge < -0.3 is 19.0 Å². The van der Waals surface area contributed by atoms with E-state index in [1.807, 2.05) is 13.0 Å². The van der Waals surface area contributed by atoms with Gasteiger partial charge in [0.05, 0.1) is 16.3 Å². The molecule has 2 aliphatic rings. The van der Waals surface area contributed by atoms with E-state index >= 15 is 0 Å². The Morgan fingerprint density at radius 3 is 2.88 bits per heavy atom. The molecule has 140 valence electrons. The van der Waals surface area contributed by atoms with Crippen LogP contribution >= 0.6 is 11.6 Å². The molecule has 0 saturated carbocycles. The molecule has 1 N–H and O–H groups in total. The van der Waals surface area contributed by atoms with Gasteiger partial charge in [0.25, 0.3) is 0 Å². The molecule has 0 radical (unpaired) electrons. The number of benzene rings is 1. The number of oxazole rings is 1. The standard InChI is InChI=1S/C19H23ClN2O4/c1-12-16(10-22-6-3-2-4-13(22)5-7-23)21-19(26-12)14-8-17-18(9-15(14)20)25-11-24-17/h8-9,13,23H,2-7,10-11H2,1H3/t13-/m0/s1. The SMILES string of the molecule is Cc1oc(-c2cc3c(cc2Cl)OCO3)nc1CN1CCCC[C@H]1CCO. The zero-order valence-electron chi connectivity index (χ0n) is 14.8. The summed E-state index contributed by atoms with van der Waals surface area (Å²) in [6.45, 7) is 4.10. The third-order valence-electron chi connectivity index (χ3n) is 5.15. The molecule has 7 heteroatoms. The molecular formula is C19H23ClN2O4. The van der Waals surface area contributed by atoms with Crippen LogP contribution in [0.15, 0.2) is 16.5 Å². The van der Waals surface area contributed by atoms with Crippen LogP contribution in [0.5, 0.6) is 11.5 Å². The first-order valence-electron chi connectivity index (χ1n) is 9.06. The van der Waals surface area contributed by atoms with E-state index in [1.165, 1.54) is 12.8 Å². The number of fused-ring (bicyclic) bond motifs is 1. The number of likely N-dealkylation sites (tertiary alicyclic amines) is 1. The predicted molar refractivity (Wildman–Crippen MR) is 97.6 cm³/mol. The van der Waals surface area contributed by atoms with Crippen molar-refractivity contribution in [2.45, 2.75) is 45.2 Å². The van der Waals surface area contributed by atoms with Gasteiger partial charge in [0.15, 0.2) is 11.5 Å². The first-order valence-corrected chi connectivity index (χ1v) is 9.44. The molecule has 0 unspecified atom stereocenters. The number of hydrogen-bond acceptors (Lipinski definition) is 6. The van der Waals surface area contributed by atoms with E-state index in [0.29, 0.717) is 34.0 Å². The summed E-state index contributed by atoms with van der Waals surface area (Å²) in [6.07, 6.45) is 4.33. The van der Waals surface area contributed by atoms with E-state index < -0.39 is 0 Å². The van der Waals surface area contributed by atoms with Crippen molar-refractivity contribution in [3.8, 4) is 23.0 Å². The van der Waals surface area contributed by atoms with Crippen LogP contribution in [0.3, 0.4) is 0 Å². The monoisotopic (exact) mass is 378 g/mol. The predicted octanol–water partition coefficient (Wildman–Crippen LogP) is 3.77. The molecular weight excluding hydrogens is 356 g/mol. The van der Waals surface area contributed by atoms with Gasteiger partial charge >= 0.3 is 0 Å². The van der Waals surface area contributed by atoms with Gasteiger partial charge in [0, 0.05) is 25.3 Å². The maximum Gasteiger partial charge on any atom is 0.231 e. The minimum absolute atomic E-state index is 0.201. The third-order valence-corrected chi connectivity index (χ3v) is 5.46. The molecule has 1 aromatic carbocycles. The van der Waals surface area contributed by atoms with Crippen LogP contribution in [-0.2, 0) is 6.54 Å². The van der Waals surface area contributed by atoms with E-state index in [2.05, 4.69) is 4.90 Å². The third kappa shape index (κ3) is 3.41. The van der Waals surface area contributed by atoms with Gasteiger partial charge in [-0.1, -0.05) is 18.0 Å². The maximum absolute atomic E-state index is 9.32. The number of nitrogens with zero attached hydrogens (tertiary/aromatic N) is 2. The molecule has 4 rings (SSSR count). The first kappa shape index (κ1) is 17.6. The van der Waals surface area contributed by atoms with Crippen molar-refractivity contribution >= 4 is 11.6 Å². The van der Waals surface area contributed by atoms with Gasteiger partial charge in [-0.25, -0.2) is 4.98 Å². The highest BCUT2D eigenvalue weighted by molar-refractivity contribution is 6.33. The van der Waals surface area contributed by atoms with Gasteiger partial charge in [-0.3, -0.25) is 4.90 Å². The summed E-state index contributed by atoms with van der Waals surface area (Å²) in [6, 6.07) is 3.96. The zero-order valence-corrected chi connectivity index (χ0v) is 15.6. The summed E-state index contributed by atoms with van der Waals surface area (Å²) in [4.78, 5) is 7.10. The zero-order chi connectivity index (χ0) is 18.1. The minimum Gasteiger partial charge on any atom is -0.454 e. The number of hydrogen-bond donors (Lipinski definition) is 1. The van der Waals surface area contributed by atoms with E-state index in [9.17, 15) is 5.11 Å². The first-order chi connectivity index (χ1) is 12.7. The van der Waals surface area contributed by atoms with Crippen molar-refractivity contribution in [3.63, 3.8) is 0 Å². The van der Waals surface area contributed by atoms with Crippen molar-refractivity contribution < 1.29 is 19.0 Å². The molecule has 26 heavy (non-hydrogen) atoms. The Hall–Kier alpha value is -1.76. The molecule has 3 heterocycles. The summed E-state index contributed by atoms with van der Waals surface area (Å²) in [5.74, 6) is 2.59. The van der Waals surface area contributed by atoms with Gasteiger partial charge in [-0.05, 0) is 38.8 Å². The van der Waals surface area contributed by atoms with Crippen molar-refractivity contribution in [2.75, 3.05) is 19.9 Å². The molecule has 0 spiro atoms. The highest BCUT2D eigenvalue weighted by Gasteiger charge is 2.25. The lowest BCUT2D eigenvalue weighted by Gasteiger charge is -2.35.